The maximum absolute atomic E-state index is 11.5. The Balaban J connectivity index is 0.00000106. The Labute approximate surface area is 180 Å². The van der Waals surface area contributed by atoms with Gasteiger partial charge in [-0.2, -0.15) is 5.10 Å². The number of benzene rings is 1. The van der Waals surface area contributed by atoms with E-state index in [9.17, 15) is 9.59 Å². The fraction of sp³-hybridized carbons (Fsp3) is 0.609. The maximum Gasteiger partial charge on any atom is 0.226 e. The quantitative estimate of drug-likeness (QED) is 0.666. The van der Waals surface area contributed by atoms with Crippen molar-refractivity contribution < 1.29 is 14.3 Å². The van der Waals surface area contributed by atoms with E-state index in [0.29, 0.717) is 19.3 Å². The average molecular weight is 419 g/mol. The Hall–Kier alpha value is -2.41. The van der Waals surface area contributed by atoms with Gasteiger partial charge in [-0.1, -0.05) is 34.6 Å². The number of imide groups is 1. The van der Waals surface area contributed by atoms with Gasteiger partial charge >= 0.3 is 0 Å². The number of piperidine rings is 1. The van der Waals surface area contributed by atoms with Crippen molar-refractivity contribution >= 4 is 23.2 Å². The van der Waals surface area contributed by atoms with Gasteiger partial charge in [-0.15, -0.1) is 0 Å². The fourth-order valence-electron chi connectivity index (χ4n) is 3.43. The van der Waals surface area contributed by atoms with Crippen LogP contribution in [0.5, 0.6) is 5.75 Å². The van der Waals surface area contributed by atoms with E-state index in [1.807, 2.05) is 51.6 Å². The molecule has 1 aromatic carbocycles. The van der Waals surface area contributed by atoms with E-state index in [1.54, 1.807) is 0 Å². The maximum atomic E-state index is 11.5. The van der Waals surface area contributed by atoms with Crippen molar-refractivity contribution in [3.05, 3.63) is 23.9 Å². The van der Waals surface area contributed by atoms with E-state index in [4.69, 9.17) is 4.74 Å². The molecule has 1 atom stereocenters. The van der Waals surface area contributed by atoms with Gasteiger partial charge in [0.25, 0.3) is 0 Å². The summed E-state index contributed by atoms with van der Waals surface area (Å²) < 4.78 is 7.99. The van der Waals surface area contributed by atoms with E-state index in [2.05, 4.69) is 28.7 Å². The summed E-state index contributed by atoms with van der Waals surface area (Å²) in [5.41, 5.74) is 1.99. The van der Waals surface area contributed by atoms with Crippen LogP contribution < -0.4 is 15.4 Å². The SMILES string of the molecule is CC.CC.CC(CCC(=O)NC=O)c1nn(C)c2cc(OC3CCNCC3)ccc12. The fourth-order valence-corrected chi connectivity index (χ4v) is 3.43. The number of aryl methyl sites for hydroxylation is 1. The van der Waals surface area contributed by atoms with E-state index >= 15 is 0 Å². The third-order valence-electron chi connectivity index (χ3n) is 4.93. The molecule has 1 unspecified atom stereocenters. The normalized spacial score (nSPS) is 14.6. The first-order chi connectivity index (χ1) is 14.6. The Morgan fingerprint density at radius 2 is 1.97 bits per heavy atom. The lowest BCUT2D eigenvalue weighted by molar-refractivity contribution is -0.125. The second kappa shape index (κ2) is 13.7. The highest BCUT2D eigenvalue weighted by molar-refractivity contribution is 5.86. The molecule has 168 valence electrons. The van der Waals surface area contributed by atoms with Gasteiger partial charge in [-0.3, -0.25) is 19.6 Å². The molecule has 2 N–H and O–H groups in total. The molecule has 1 aliphatic rings. The van der Waals surface area contributed by atoms with Gasteiger partial charge < -0.3 is 10.1 Å². The predicted octanol–water partition coefficient (Wildman–Crippen LogP) is 3.91. The largest absolute Gasteiger partial charge is 0.490 e. The van der Waals surface area contributed by atoms with Gasteiger partial charge in [0, 0.05) is 30.8 Å². The van der Waals surface area contributed by atoms with Crippen molar-refractivity contribution in [3.63, 3.8) is 0 Å². The molecule has 0 spiro atoms. The number of hydrogen-bond donors (Lipinski definition) is 2. The summed E-state index contributed by atoms with van der Waals surface area (Å²) in [6, 6.07) is 6.09. The molecule has 1 saturated heterocycles. The van der Waals surface area contributed by atoms with Crippen molar-refractivity contribution in [1.82, 2.24) is 20.4 Å². The van der Waals surface area contributed by atoms with E-state index < -0.39 is 0 Å². The zero-order chi connectivity index (χ0) is 22.5. The van der Waals surface area contributed by atoms with Crippen molar-refractivity contribution in [2.45, 2.75) is 72.3 Å². The molecule has 1 fully saturated rings. The summed E-state index contributed by atoms with van der Waals surface area (Å²) in [6.07, 6.45) is 3.67. The number of hydrogen-bond acceptors (Lipinski definition) is 5. The second-order valence-corrected chi connectivity index (χ2v) is 6.88. The number of nitrogens with one attached hydrogen (secondary N) is 2. The summed E-state index contributed by atoms with van der Waals surface area (Å²) in [6.45, 7) is 12.0. The van der Waals surface area contributed by atoms with E-state index in [1.165, 1.54) is 0 Å². The summed E-state index contributed by atoms with van der Waals surface area (Å²) in [5, 5.41) is 11.2. The monoisotopic (exact) mass is 418 g/mol. The Morgan fingerprint density at radius 1 is 1.30 bits per heavy atom. The van der Waals surface area contributed by atoms with Crippen LogP contribution in [0.1, 0.15) is 71.9 Å². The minimum atomic E-state index is -0.259. The Kier molecular flexibility index (Phi) is 11.7. The molecule has 2 aromatic rings. The molecule has 3 rings (SSSR count). The smallest absolute Gasteiger partial charge is 0.226 e. The molecule has 2 heterocycles. The van der Waals surface area contributed by atoms with Crippen LogP contribution in [0.25, 0.3) is 10.9 Å². The minimum absolute atomic E-state index is 0.118. The third-order valence-corrected chi connectivity index (χ3v) is 4.93. The number of carbonyl (C=O) groups is 2. The van der Waals surface area contributed by atoms with Crippen LogP contribution >= 0.6 is 0 Å². The first-order valence-corrected chi connectivity index (χ1v) is 11.2. The van der Waals surface area contributed by atoms with Gasteiger partial charge in [-0.05, 0) is 44.5 Å². The first kappa shape index (κ1) is 25.6. The van der Waals surface area contributed by atoms with Gasteiger partial charge in [0.1, 0.15) is 11.9 Å². The summed E-state index contributed by atoms with van der Waals surface area (Å²) in [4.78, 5) is 21.8. The molecular formula is C23H38N4O3. The first-order valence-electron chi connectivity index (χ1n) is 11.2. The number of aromatic nitrogens is 2. The molecule has 1 aliphatic heterocycles. The summed E-state index contributed by atoms with van der Waals surface area (Å²) in [5.74, 6) is 0.731. The van der Waals surface area contributed by atoms with Gasteiger partial charge in [0.15, 0.2) is 0 Å². The van der Waals surface area contributed by atoms with Crippen molar-refractivity contribution in [2.24, 2.45) is 7.05 Å². The zero-order valence-electron chi connectivity index (χ0n) is 19.3. The van der Waals surface area contributed by atoms with Crippen molar-refractivity contribution in [3.8, 4) is 5.75 Å². The topological polar surface area (TPSA) is 85.2 Å². The molecule has 0 aliphatic carbocycles. The van der Waals surface area contributed by atoms with Gasteiger partial charge in [0.2, 0.25) is 12.3 Å². The van der Waals surface area contributed by atoms with Crippen LogP contribution in [0.4, 0.5) is 0 Å². The molecule has 7 heteroatoms. The molecule has 30 heavy (non-hydrogen) atoms. The number of rotatable bonds is 7. The zero-order valence-corrected chi connectivity index (χ0v) is 19.3. The van der Waals surface area contributed by atoms with Crippen molar-refractivity contribution in [2.75, 3.05) is 13.1 Å². The van der Waals surface area contributed by atoms with E-state index in [-0.39, 0.29) is 17.9 Å². The predicted molar refractivity (Wildman–Crippen MR) is 122 cm³/mol. The number of carbonyl (C=O) groups excluding carboxylic acids is 2. The number of amides is 2. The molecular weight excluding hydrogens is 380 g/mol. The standard InChI is InChI=1S/C19H26N4O3.2C2H6/c1-13(3-6-18(25)21-12-24)19-16-5-4-15(11-17(16)23(2)22-19)26-14-7-9-20-10-8-14;2*1-2/h4-5,11-14,20H,3,6-10H2,1-2H3,(H,21,24,25);2*1-2H3. The van der Waals surface area contributed by atoms with E-state index in [0.717, 1.165) is 48.3 Å². The lowest BCUT2D eigenvalue weighted by Gasteiger charge is -2.23. The van der Waals surface area contributed by atoms with Crippen LogP contribution in [0.2, 0.25) is 0 Å². The number of fused-ring (bicyclic) bond motifs is 1. The van der Waals surface area contributed by atoms with Crippen LogP contribution in [0, 0.1) is 0 Å². The third kappa shape index (κ3) is 7.13. The highest BCUT2D eigenvalue weighted by atomic mass is 16.5. The van der Waals surface area contributed by atoms with Gasteiger partial charge in [-0.25, -0.2) is 0 Å². The highest BCUT2D eigenvalue weighted by Crippen LogP contribution is 2.30. The minimum Gasteiger partial charge on any atom is -0.490 e. The summed E-state index contributed by atoms with van der Waals surface area (Å²) >= 11 is 0. The molecule has 7 nitrogen and oxygen atoms in total. The lowest BCUT2D eigenvalue weighted by Crippen LogP contribution is -2.34. The lowest BCUT2D eigenvalue weighted by atomic mass is 9.98. The average Bonchev–Trinajstić information content (AvgIpc) is 3.12. The van der Waals surface area contributed by atoms with Crippen LogP contribution in [-0.4, -0.2) is 41.3 Å². The summed E-state index contributed by atoms with van der Waals surface area (Å²) in [7, 11) is 1.92. The molecule has 0 radical (unpaired) electrons. The molecule has 1 aromatic heterocycles. The number of nitrogens with zero attached hydrogens (tertiary/aromatic N) is 2. The van der Waals surface area contributed by atoms with Gasteiger partial charge in [0.05, 0.1) is 11.2 Å². The molecule has 0 saturated carbocycles. The second-order valence-electron chi connectivity index (χ2n) is 6.88. The van der Waals surface area contributed by atoms with Crippen molar-refractivity contribution in [1.29, 1.82) is 0 Å². The van der Waals surface area contributed by atoms with Crippen LogP contribution in [0.3, 0.4) is 0 Å². The number of ether oxygens (including phenoxy) is 1. The van der Waals surface area contributed by atoms with Crippen LogP contribution in [-0.2, 0) is 16.6 Å². The Morgan fingerprint density at radius 3 is 2.60 bits per heavy atom. The Bertz CT molecular complexity index is 782. The van der Waals surface area contributed by atoms with Crippen LogP contribution in [0.15, 0.2) is 18.2 Å². The molecule has 0 bridgehead atoms. The highest BCUT2D eigenvalue weighted by Gasteiger charge is 2.18. The molecule has 2 amide bonds.